The number of non-ortho nitro benzene ring substituents is 1. The van der Waals surface area contributed by atoms with E-state index < -0.39 is 4.92 Å². The molecule has 23 heavy (non-hydrogen) atoms. The zero-order valence-electron chi connectivity index (χ0n) is 14.5. The van der Waals surface area contributed by atoms with Crippen molar-refractivity contribution >= 4 is 17.3 Å². The van der Waals surface area contributed by atoms with Gasteiger partial charge in [-0.3, -0.25) is 19.8 Å². The van der Waals surface area contributed by atoms with Crippen LogP contribution in [0.5, 0.6) is 0 Å². The Morgan fingerprint density at radius 2 is 2.04 bits per heavy atom. The maximum Gasteiger partial charge on any atom is 0.271 e. The van der Waals surface area contributed by atoms with Crippen LogP contribution in [0.2, 0.25) is 0 Å². The fraction of sp³-hybridized carbons (Fsp3) is 0.588. The summed E-state index contributed by atoms with van der Waals surface area (Å²) in [5.41, 5.74) is 1.29. The van der Waals surface area contributed by atoms with Gasteiger partial charge in [-0.2, -0.15) is 0 Å². The van der Waals surface area contributed by atoms with Gasteiger partial charge in [0.25, 0.3) is 5.69 Å². The highest BCUT2D eigenvalue weighted by Crippen LogP contribution is 2.21. The second kappa shape index (κ2) is 9.25. The summed E-state index contributed by atoms with van der Waals surface area (Å²) in [7, 11) is 0. The Balaban J connectivity index is 2.70. The van der Waals surface area contributed by atoms with Crippen LogP contribution in [0.25, 0.3) is 0 Å². The summed E-state index contributed by atoms with van der Waals surface area (Å²) in [6, 6.07) is 4.78. The van der Waals surface area contributed by atoms with E-state index in [9.17, 15) is 14.9 Å². The number of aryl methyl sites for hydroxylation is 1. The van der Waals surface area contributed by atoms with E-state index in [4.69, 9.17) is 0 Å². The Morgan fingerprint density at radius 1 is 1.35 bits per heavy atom. The summed E-state index contributed by atoms with van der Waals surface area (Å²) >= 11 is 0. The average molecular weight is 321 g/mol. The highest BCUT2D eigenvalue weighted by molar-refractivity contribution is 5.93. The first-order chi connectivity index (χ1) is 10.8. The number of benzene rings is 1. The summed E-state index contributed by atoms with van der Waals surface area (Å²) in [5, 5.41) is 13.6. The van der Waals surface area contributed by atoms with Crippen molar-refractivity contribution in [1.82, 2.24) is 4.90 Å². The minimum Gasteiger partial charge on any atom is -0.324 e. The van der Waals surface area contributed by atoms with Gasteiger partial charge in [-0.1, -0.05) is 25.8 Å². The molecule has 0 radical (unpaired) electrons. The monoisotopic (exact) mass is 321 g/mol. The van der Waals surface area contributed by atoms with Gasteiger partial charge in [-0.25, -0.2) is 0 Å². The van der Waals surface area contributed by atoms with E-state index in [1.807, 2.05) is 6.92 Å². The van der Waals surface area contributed by atoms with E-state index in [1.54, 1.807) is 6.07 Å². The number of rotatable bonds is 9. The number of unbranched alkanes of at least 4 members (excludes halogenated alkanes) is 2. The van der Waals surface area contributed by atoms with Gasteiger partial charge < -0.3 is 5.32 Å². The molecule has 6 nitrogen and oxygen atoms in total. The summed E-state index contributed by atoms with van der Waals surface area (Å²) in [4.78, 5) is 24.8. The molecule has 0 saturated heterocycles. The molecule has 0 bridgehead atoms. The van der Waals surface area contributed by atoms with Crippen molar-refractivity contribution < 1.29 is 9.72 Å². The number of carbonyl (C=O) groups is 1. The van der Waals surface area contributed by atoms with Crippen molar-refractivity contribution in [3.63, 3.8) is 0 Å². The van der Waals surface area contributed by atoms with Crippen LogP contribution in [0.1, 0.15) is 45.6 Å². The molecule has 0 unspecified atom stereocenters. The lowest BCUT2D eigenvalue weighted by atomic mass is 10.1. The highest BCUT2D eigenvalue weighted by atomic mass is 16.6. The molecule has 1 N–H and O–H groups in total. The van der Waals surface area contributed by atoms with Crippen LogP contribution in [-0.4, -0.2) is 34.9 Å². The van der Waals surface area contributed by atoms with Gasteiger partial charge in [0, 0.05) is 18.2 Å². The molecule has 1 aromatic carbocycles. The third-order valence-electron chi connectivity index (χ3n) is 3.83. The minimum atomic E-state index is -0.458. The van der Waals surface area contributed by atoms with Gasteiger partial charge >= 0.3 is 0 Å². The van der Waals surface area contributed by atoms with Crippen molar-refractivity contribution in [2.75, 3.05) is 18.4 Å². The van der Waals surface area contributed by atoms with Crippen LogP contribution in [-0.2, 0) is 4.79 Å². The molecule has 0 aliphatic heterocycles. The van der Waals surface area contributed by atoms with Gasteiger partial charge in [0.05, 0.1) is 17.2 Å². The fourth-order valence-electron chi connectivity index (χ4n) is 2.32. The first-order valence-electron chi connectivity index (χ1n) is 8.14. The third-order valence-corrected chi connectivity index (χ3v) is 3.83. The predicted octanol–water partition coefficient (Wildman–Crippen LogP) is 3.74. The van der Waals surface area contributed by atoms with Gasteiger partial charge in [0.1, 0.15) is 0 Å². The molecule has 0 spiro atoms. The molecule has 0 fully saturated rings. The first kappa shape index (κ1) is 19.1. The number of nitro groups is 1. The molecule has 0 atom stereocenters. The lowest BCUT2D eigenvalue weighted by Gasteiger charge is -2.25. The molecular formula is C17H27N3O3. The zero-order chi connectivity index (χ0) is 17.4. The standard InChI is InChI=1S/C17H27N3O3/c1-5-6-7-10-19(13(2)3)12-17(21)18-16-11-15(20(22)23)9-8-14(16)4/h8-9,11,13H,5-7,10,12H2,1-4H3,(H,18,21). The maximum atomic E-state index is 12.3. The summed E-state index contributed by atoms with van der Waals surface area (Å²) in [5.74, 6) is -0.140. The van der Waals surface area contributed by atoms with E-state index in [0.717, 1.165) is 31.4 Å². The van der Waals surface area contributed by atoms with Crippen molar-refractivity contribution in [1.29, 1.82) is 0 Å². The first-order valence-corrected chi connectivity index (χ1v) is 8.14. The van der Waals surface area contributed by atoms with Crippen molar-refractivity contribution in [3.8, 4) is 0 Å². The van der Waals surface area contributed by atoms with Crippen molar-refractivity contribution in [3.05, 3.63) is 33.9 Å². The lowest BCUT2D eigenvalue weighted by molar-refractivity contribution is -0.384. The topological polar surface area (TPSA) is 75.5 Å². The van der Waals surface area contributed by atoms with Gasteiger partial charge in [-0.05, 0) is 39.3 Å². The van der Waals surface area contributed by atoms with E-state index >= 15 is 0 Å². The largest absolute Gasteiger partial charge is 0.324 e. The molecule has 1 rings (SSSR count). The third kappa shape index (κ3) is 6.36. The second-order valence-electron chi connectivity index (χ2n) is 6.08. The minimum absolute atomic E-state index is 0.0189. The number of hydrogen-bond acceptors (Lipinski definition) is 4. The number of anilines is 1. The SMILES string of the molecule is CCCCCN(CC(=O)Nc1cc([N+](=O)[O-])ccc1C)C(C)C. The molecule has 0 aromatic heterocycles. The van der Waals surface area contributed by atoms with E-state index in [1.165, 1.54) is 12.1 Å². The fourth-order valence-corrected chi connectivity index (χ4v) is 2.32. The number of hydrogen-bond donors (Lipinski definition) is 1. The Morgan fingerprint density at radius 3 is 2.61 bits per heavy atom. The van der Waals surface area contributed by atoms with Gasteiger partial charge in [0.2, 0.25) is 5.91 Å². The van der Waals surface area contributed by atoms with Crippen molar-refractivity contribution in [2.45, 2.75) is 53.0 Å². The molecule has 0 aliphatic rings. The molecule has 0 aliphatic carbocycles. The maximum absolute atomic E-state index is 12.3. The quantitative estimate of drug-likeness (QED) is 0.427. The number of nitrogens with one attached hydrogen (secondary N) is 1. The van der Waals surface area contributed by atoms with Gasteiger partial charge in [-0.15, -0.1) is 0 Å². The van der Waals surface area contributed by atoms with Crippen LogP contribution < -0.4 is 5.32 Å². The Bertz CT molecular complexity index is 544. The molecular weight excluding hydrogens is 294 g/mol. The van der Waals surface area contributed by atoms with Crippen LogP contribution >= 0.6 is 0 Å². The average Bonchev–Trinajstić information content (AvgIpc) is 2.48. The molecule has 1 amide bonds. The molecule has 1 aromatic rings. The van der Waals surface area contributed by atoms with Crippen LogP contribution in [0.4, 0.5) is 11.4 Å². The molecule has 128 valence electrons. The predicted molar refractivity (Wildman–Crippen MR) is 92.7 cm³/mol. The van der Waals surface area contributed by atoms with E-state index in [-0.39, 0.29) is 17.6 Å². The van der Waals surface area contributed by atoms with Gasteiger partial charge in [0.15, 0.2) is 0 Å². The van der Waals surface area contributed by atoms with Crippen LogP contribution in [0.3, 0.4) is 0 Å². The Hall–Kier alpha value is -1.95. The smallest absolute Gasteiger partial charge is 0.271 e. The molecule has 0 saturated carbocycles. The number of amides is 1. The molecule has 6 heteroatoms. The van der Waals surface area contributed by atoms with E-state index in [2.05, 4.69) is 31.0 Å². The summed E-state index contributed by atoms with van der Waals surface area (Å²) in [6.45, 7) is 9.28. The Kier molecular flexibility index (Phi) is 7.68. The molecule has 0 heterocycles. The summed E-state index contributed by atoms with van der Waals surface area (Å²) in [6.07, 6.45) is 3.36. The normalized spacial score (nSPS) is 11.0. The van der Waals surface area contributed by atoms with Crippen LogP contribution in [0, 0.1) is 17.0 Å². The number of nitro benzene ring substituents is 1. The lowest BCUT2D eigenvalue weighted by Crippen LogP contribution is -2.38. The Labute approximate surface area is 138 Å². The van der Waals surface area contributed by atoms with Crippen molar-refractivity contribution in [2.24, 2.45) is 0 Å². The van der Waals surface area contributed by atoms with E-state index in [0.29, 0.717) is 12.2 Å². The zero-order valence-corrected chi connectivity index (χ0v) is 14.5. The summed E-state index contributed by atoms with van der Waals surface area (Å²) < 4.78 is 0. The number of nitrogens with zero attached hydrogens (tertiary/aromatic N) is 2. The van der Waals surface area contributed by atoms with Crippen LogP contribution in [0.15, 0.2) is 18.2 Å². The second-order valence-corrected chi connectivity index (χ2v) is 6.08. The number of carbonyl (C=O) groups excluding carboxylic acids is 1. The highest BCUT2D eigenvalue weighted by Gasteiger charge is 2.16.